The molecule has 1 unspecified atom stereocenters. The highest BCUT2D eigenvalue weighted by Crippen LogP contribution is 2.42. The number of halogens is 1. The molecule has 25 heavy (non-hydrogen) atoms. The van der Waals surface area contributed by atoms with Crippen molar-refractivity contribution in [3.05, 3.63) is 63.6 Å². The Balaban J connectivity index is 2.03. The molecule has 0 saturated heterocycles. The zero-order chi connectivity index (χ0) is 18.2. The van der Waals surface area contributed by atoms with Crippen molar-refractivity contribution in [1.82, 2.24) is 0 Å². The Bertz CT molecular complexity index is 874. The molecule has 2 aromatic carbocycles. The van der Waals surface area contributed by atoms with E-state index in [0.29, 0.717) is 11.5 Å². The number of benzene rings is 2. The van der Waals surface area contributed by atoms with Crippen LogP contribution in [-0.4, -0.2) is 12.6 Å². The third kappa shape index (κ3) is 3.50. The molecule has 0 amide bonds. The molecule has 0 aliphatic carbocycles. The number of nitriles is 1. The van der Waals surface area contributed by atoms with Crippen molar-refractivity contribution in [3.8, 4) is 6.07 Å². The fraction of sp³-hybridized carbons (Fsp3) is 0.318. The van der Waals surface area contributed by atoms with E-state index in [0.717, 1.165) is 22.0 Å². The normalized spacial score (nSPS) is 19.3. The number of nitrogens with zero attached hydrogens (tertiary/aromatic N) is 2. The van der Waals surface area contributed by atoms with E-state index in [1.807, 2.05) is 30.3 Å². The summed E-state index contributed by atoms with van der Waals surface area (Å²) in [7, 11) is 2.17. The molecule has 1 heterocycles. The maximum absolute atomic E-state index is 9.59. The van der Waals surface area contributed by atoms with Gasteiger partial charge in [0, 0.05) is 22.7 Å². The Morgan fingerprint density at radius 3 is 2.72 bits per heavy atom. The molecule has 1 aliphatic rings. The van der Waals surface area contributed by atoms with E-state index in [4.69, 9.17) is 0 Å². The topological polar surface area (TPSA) is 27.0 Å². The first-order valence-corrected chi connectivity index (χ1v) is 9.36. The summed E-state index contributed by atoms with van der Waals surface area (Å²) in [5, 5.41) is 9.59. The highest BCUT2D eigenvalue weighted by molar-refractivity contribution is 9.10. The molecule has 0 radical (unpaired) electrons. The van der Waals surface area contributed by atoms with Crippen molar-refractivity contribution < 1.29 is 0 Å². The summed E-state index contributed by atoms with van der Waals surface area (Å²) in [5.74, 6) is 0.506. The van der Waals surface area contributed by atoms with Crippen LogP contribution in [0, 0.1) is 11.3 Å². The van der Waals surface area contributed by atoms with Gasteiger partial charge in [-0.2, -0.15) is 5.26 Å². The van der Waals surface area contributed by atoms with Crippen LogP contribution < -0.4 is 4.90 Å². The number of hydrogen-bond acceptors (Lipinski definition) is 2. The van der Waals surface area contributed by atoms with Crippen LogP contribution in [0.3, 0.4) is 0 Å². The minimum Gasteiger partial charge on any atom is -0.369 e. The standard InChI is InChI=1S/C22H23BrN2/c1-15-13-22(2,3)25(4)21-9-8-16(11-20(15)21)10-18(14-24)17-6-5-7-19(23)12-17/h5-12,15H,13H2,1-4H3/b18-10+. The third-order valence-electron chi connectivity index (χ3n) is 5.22. The monoisotopic (exact) mass is 394 g/mol. The van der Waals surface area contributed by atoms with Crippen molar-refractivity contribution in [2.24, 2.45) is 0 Å². The van der Waals surface area contributed by atoms with Crippen molar-refractivity contribution in [3.63, 3.8) is 0 Å². The molecule has 0 bridgehead atoms. The quantitative estimate of drug-likeness (QED) is 0.445. The van der Waals surface area contributed by atoms with Crippen LogP contribution in [0.4, 0.5) is 5.69 Å². The van der Waals surface area contributed by atoms with Crippen molar-refractivity contribution >= 4 is 33.3 Å². The van der Waals surface area contributed by atoms with Crippen LogP contribution in [-0.2, 0) is 0 Å². The van der Waals surface area contributed by atoms with Gasteiger partial charge in [0.15, 0.2) is 0 Å². The van der Waals surface area contributed by atoms with Gasteiger partial charge in [0.25, 0.3) is 0 Å². The fourth-order valence-corrected chi connectivity index (χ4v) is 4.09. The lowest BCUT2D eigenvalue weighted by Gasteiger charge is -2.45. The number of hydrogen-bond donors (Lipinski definition) is 0. The minimum absolute atomic E-state index is 0.165. The molecule has 3 heteroatoms. The Kier molecular flexibility index (Phi) is 4.75. The highest BCUT2D eigenvalue weighted by atomic mass is 79.9. The van der Waals surface area contributed by atoms with Crippen LogP contribution in [0.2, 0.25) is 0 Å². The molecule has 2 nitrogen and oxygen atoms in total. The smallest absolute Gasteiger partial charge is 0.0998 e. The largest absolute Gasteiger partial charge is 0.369 e. The van der Waals surface area contributed by atoms with E-state index in [2.05, 4.69) is 72.9 Å². The summed E-state index contributed by atoms with van der Waals surface area (Å²) in [5.41, 5.74) is 5.51. The van der Waals surface area contributed by atoms with Crippen LogP contribution in [0.15, 0.2) is 46.9 Å². The van der Waals surface area contributed by atoms with Crippen LogP contribution in [0.25, 0.3) is 11.6 Å². The molecule has 0 saturated carbocycles. The second-order valence-electron chi connectivity index (χ2n) is 7.48. The maximum Gasteiger partial charge on any atom is 0.0998 e. The predicted molar refractivity (Wildman–Crippen MR) is 110 cm³/mol. The predicted octanol–water partition coefficient (Wildman–Crippen LogP) is 6.24. The average Bonchev–Trinajstić information content (AvgIpc) is 2.57. The SMILES string of the molecule is CC1CC(C)(C)N(C)c2ccc(/C=C(\C#N)c3cccc(Br)c3)cc21. The Morgan fingerprint density at radius 1 is 1.28 bits per heavy atom. The third-order valence-corrected chi connectivity index (χ3v) is 5.72. The second kappa shape index (κ2) is 6.69. The van der Waals surface area contributed by atoms with Gasteiger partial charge in [-0.3, -0.25) is 0 Å². The fourth-order valence-electron chi connectivity index (χ4n) is 3.69. The van der Waals surface area contributed by atoms with Crippen molar-refractivity contribution in [2.45, 2.75) is 38.6 Å². The van der Waals surface area contributed by atoms with Gasteiger partial charge in [0.2, 0.25) is 0 Å². The van der Waals surface area contributed by atoms with Crippen LogP contribution in [0.1, 0.15) is 49.8 Å². The summed E-state index contributed by atoms with van der Waals surface area (Å²) < 4.78 is 0.981. The van der Waals surface area contributed by atoms with E-state index >= 15 is 0 Å². The molecule has 3 rings (SSSR count). The molecule has 0 N–H and O–H groups in total. The summed E-state index contributed by atoms with van der Waals surface area (Å²) in [6, 6.07) is 16.7. The van der Waals surface area contributed by atoms with Gasteiger partial charge in [-0.25, -0.2) is 0 Å². The molecular formula is C22H23BrN2. The zero-order valence-corrected chi connectivity index (χ0v) is 16.8. The maximum atomic E-state index is 9.59. The first-order chi connectivity index (χ1) is 11.8. The molecule has 0 fully saturated rings. The van der Waals surface area contributed by atoms with Gasteiger partial charge in [-0.1, -0.05) is 41.1 Å². The zero-order valence-electron chi connectivity index (χ0n) is 15.2. The van der Waals surface area contributed by atoms with Gasteiger partial charge in [-0.05, 0) is 73.2 Å². The van der Waals surface area contributed by atoms with E-state index in [1.165, 1.54) is 11.3 Å². The first kappa shape index (κ1) is 17.8. The minimum atomic E-state index is 0.165. The van der Waals surface area contributed by atoms with E-state index < -0.39 is 0 Å². The van der Waals surface area contributed by atoms with Gasteiger partial charge >= 0.3 is 0 Å². The van der Waals surface area contributed by atoms with E-state index in [1.54, 1.807) is 0 Å². The second-order valence-corrected chi connectivity index (χ2v) is 8.39. The lowest BCUT2D eigenvalue weighted by Crippen LogP contribution is -2.45. The molecule has 0 aromatic heterocycles. The summed E-state index contributed by atoms with van der Waals surface area (Å²) in [6.07, 6.45) is 3.11. The van der Waals surface area contributed by atoms with Crippen molar-refractivity contribution in [2.75, 3.05) is 11.9 Å². The van der Waals surface area contributed by atoms with Crippen molar-refractivity contribution in [1.29, 1.82) is 5.26 Å². The Labute approximate surface area is 158 Å². The van der Waals surface area contributed by atoms with Gasteiger partial charge in [0.05, 0.1) is 11.6 Å². The summed E-state index contributed by atoms with van der Waals surface area (Å²) in [6.45, 7) is 6.88. The van der Waals surface area contributed by atoms with E-state index in [9.17, 15) is 5.26 Å². The average molecular weight is 395 g/mol. The molecule has 128 valence electrons. The Morgan fingerprint density at radius 2 is 2.04 bits per heavy atom. The van der Waals surface area contributed by atoms with Gasteiger partial charge < -0.3 is 4.90 Å². The molecular weight excluding hydrogens is 372 g/mol. The van der Waals surface area contributed by atoms with Gasteiger partial charge in [0.1, 0.15) is 0 Å². The number of fused-ring (bicyclic) bond motifs is 1. The lowest BCUT2D eigenvalue weighted by atomic mass is 9.80. The molecule has 1 aliphatic heterocycles. The van der Waals surface area contributed by atoms with Crippen LogP contribution >= 0.6 is 15.9 Å². The number of allylic oxidation sites excluding steroid dienone is 1. The molecule has 2 aromatic rings. The number of rotatable bonds is 2. The summed E-state index contributed by atoms with van der Waals surface area (Å²) >= 11 is 3.48. The van der Waals surface area contributed by atoms with E-state index in [-0.39, 0.29) is 5.54 Å². The highest BCUT2D eigenvalue weighted by Gasteiger charge is 2.33. The molecule has 1 atom stereocenters. The summed E-state index contributed by atoms with van der Waals surface area (Å²) in [4.78, 5) is 2.37. The van der Waals surface area contributed by atoms with Crippen LogP contribution in [0.5, 0.6) is 0 Å². The molecule has 0 spiro atoms. The number of anilines is 1. The lowest BCUT2D eigenvalue weighted by molar-refractivity contribution is 0.395. The Hall–Kier alpha value is -2.05. The first-order valence-electron chi connectivity index (χ1n) is 8.57. The van der Waals surface area contributed by atoms with Gasteiger partial charge in [-0.15, -0.1) is 0 Å².